The Morgan fingerprint density at radius 3 is 2.57 bits per heavy atom. The van der Waals surface area contributed by atoms with Gasteiger partial charge in [-0.1, -0.05) is 12.6 Å². The predicted molar refractivity (Wildman–Crippen MR) is 163 cm³/mol. The molecule has 2 atom stereocenters. The van der Waals surface area contributed by atoms with Crippen LogP contribution in [-0.2, 0) is 11.4 Å². The lowest BCUT2D eigenvalue weighted by Crippen LogP contribution is -2.30. The number of pyridine rings is 1. The van der Waals surface area contributed by atoms with Crippen molar-refractivity contribution in [1.29, 1.82) is 0 Å². The number of fused-ring (bicyclic) bond motifs is 2. The third kappa shape index (κ3) is 6.50. The van der Waals surface area contributed by atoms with Crippen LogP contribution in [0, 0.1) is 11.8 Å². The molecule has 1 amide bonds. The van der Waals surface area contributed by atoms with Crippen LogP contribution in [0.25, 0.3) is 10.9 Å². The molecule has 2 aliphatic heterocycles. The molecule has 2 N–H and O–H groups in total. The number of nitrogens with zero attached hydrogens (tertiary/aromatic N) is 5. The minimum Gasteiger partial charge on any atom is -0.490 e. The van der Waals surface area contributed by atoms with Crippen LogP contribution in [0.4, 0.5) is 17.2 Å². The number of anilines is 3. The fourth-order valence-electron chi connectivity index (χ4n) is 5.79. The summed E-state index contributed by atoms with van der Waals surface area (Å²) in [6.07, 6.45) is 4.51. The zero-order chi connectivity index (χ0) is 28.9. The van der Waals surface area contributed by atoms with Gasteiger partial charge < -0.3 is 25.0 Å². The lowest BCUT2D eigenvalue weighted by Gasteiger charge is -2.20. The van der Waals surface area contributed by atoms with Crippen LogP contribution in [0.5, 0.6) is 11.5 Å². The van der Waals surface area contributed by atoms with E-state index in [1.807, 2.05) is 54.6 Å². The van der Waals surface area contributed by atoms with Gasteiger partial charge in [-0.2, -0.15) is 0 Å². The fraction of sp³-hybridized carbons (Fsp3) is 0.312. The standard InChI is InChI=1S/C32H35N7O3/c1-3-31(40)37-29-14-27-28(15-30(29)41-13-12-39-18-22-16-38(2)17-23(22)19-39)34-21-35-32(27)36-24-7-9-26(10-8-24)42-20-25-6-4-5-11-33-25/h3-11,14-15,21-23H,1,12-13,16-20H2,2H3,(H,37,40)(H,34,35,36). The highest BCUT2D eigenvalue weighted by atomic mass is 16.5. The highest BCUT2D eigenvalue weighted by Gasteiger charge is 2.38. The van der Waals surface area contributed by atoms with Gasteiger partial charge in [0.05, 0.1) is 16.9 Å². The average molecular weight is 566 g/mol. The molecule has 0 saturated carbocycles. The van der Waals surface area contributed by atoms with Crippen molar-refractivity contribution in [3.63, 3.8) is 0 Å². The van der Waals surface area contributed by atoms with Crippen LogP contribution in [0.15, 0.2) is 79.8 Å². The molecule has 0 radical (unpaired) electrons. The number of nitrogens with one attached hydrogen (secondary N) is 2. The zero-order valence-corrected chi connectivity index (χ0v) is 23.7. The Balaban J connectivity index is 1.14. The molecule has 2 aliphatic rings. The van der Waals surface area contributed by atoms with Gasteiger partial charge in [-0.25, -0.2) is 9.97 Å². The largest absolute Gasteiger partial charge is 0.490 e. The van der Waals surface area contributed by atoms with E-state index in [9.17, 15) is 4.79 Å². The van der Waals surface area contributed by atoms with E-state index < -0.39 is 0 Å². The summed E-state index contributed by atoms with van der Waals surface area (Å²) in [7, 11) is 2.20. The molecular formula is C32H35N7O3. The van der Waals surface area contributed by atoms with Gasteiger partial charge in [0.2, 0.25) is 5.91 Å². The number of hydrogen-bond donors (Lipinski definition) is 2. The lowest BCUT2D eigenvalue weighted by atomic mass is 10.0. The second-order valence-corrected chi connectivity index (χ2v) is 10.9. The van der Waals surface area contributed by atoms with Gasteiger partial charge in [-0.05, 0) is 67.4 Å². The molecule has 10 nitrogen and oxygen atoms in total. The quantitative estimate of drug-likeness (QED) is 0.257. The topological polar surface area (TPSA) is 105 Å². The number of likely N-dealkylation sites (tertiary alicyclic amines) is 2. The zero-order valence-electron chi connectivity index (χ0n) is 23.7. The Morgan fingerprint density at radius 2 is 1.83 bits per heavy atom. The Morgan fingerprint density at radius 1 is 1.02 bits per heavy atom. The normalized spacial score (nSPS) is 18.5. The minimum absolute atomic E-state index is 0.316. The SMILES string of the molecule is C=CC(=O)Nc1cc2c(Nc3ccc(OCc4ccccn4)cc3)ncnc2cc1OCCN1CC2CN(C)CC2C1. The monoisotopic (exact) mass is 565 g/mol. The number of aromatic nitrogens is 3. The van der Waals surface area contributed by atoms with Crippen LogP contribution in [0.3, 0.4) is 0 Å². The highest BCUT2D eigenvalue weighted by molar-refractivity contribution is 6.03. The molecule has 2 aromatic heterocycles. The van der Waals surface area contributed by atoms with Gasteiger partial charge in [-0.3, -0.25) is 14.7 Å². The van der Waals surface area contributed by atoms with Gasteiger partial charge in [0.1, 0.15) is 36.9 Å². The first kappa shape index (κ1) is 27.6. The van der Waals surface area contributed by atoms with E-state index in [0.717, 1.165) is 54.0 Å². The van der Waals surface area contributed by atoms with Crippen LogP contribution in [0.2, 0.25) is 0 Å². The van der Waals surface area contributed by atoms with Crippen molar-refractivity contribution in [1.82, 2.24) is 24.8 Å². The molecule has 0 bridgehead atoms. The number of carbonyl (C=O) groups is 1. The number of hydrogen-bond acceptors (Lipinski definition) is 9. The molecule has 0 spiro atoms. The van der Waals surface area contributed by atoms with Gasteiger partial charge >= 0.3 is 0 Å². The van der Waals surface area contributed by atoms with E-state index >= 15 is 0 Å². The van der Waals surface area contributed by atoms with E-state index in [0.29, 0.717) is 36.0 Å². The van der Waals surface area contributed by atoms with Crippen LogP contribution >= 0.6 is 0 Å². The smallest absolute Gasteiger partial charge is 0.247 e. The van der Waals surface area contributed by atoms with Crippen LogP contribution in [0.1, 0.15) is 5.69 Å². The van der Waals surface area contributed by atoms with Crippen molar-refractivity contribution < 1.29 is 14.3 Å². The Bertz CT molecular complexity index is 1530. The van der Waals surface area contributed by atoms with Crippen LogP contribution in [-0.4, -0.2) is 77.0 Å². The number of carbonyl (C=O) groups excluding carboxylic acids is 1. The van der Waals surface area contributed by atoms with Crippen molar-refractivity contribution >= 4 is 34.0 Å². The van der Waals surface area contributed by atoms with Gasteiger partial charge in [-0.15, -0.1) is 0 Å². The van der Waals surface area contributed by atoms with Crippen molar-refractivity contribution in [2.75, 3.05) is 57.0 Å². The first-order valence-corrected chi connectivity index (χ1v) is 14.2. The molecule has 2 aromatic carbocycles. The Hall–Kier alpha value is -4.54. The van der Waals surface area contributed by atoms with E-state index in [-0.39, 0.29) is 5.91 Å². The Labute approximate surface area is 245 Å². The molecule has 4 heterocycles. The second kappa shape index (κ2) is 12.5. The number of rotatable bonds is 11. The highest BCUT2D eigenvalue weighted by Crippen LogP contribution is 2.34. The van der Waals surface area contributed by atoms with Crippen molar-refractivity contribution in [3.8, 4) is 11.5 Å². The number of benzene rings is 2. The number of ether oxygens (including phenoxy) is 2. The van der Waals surface area contributed by atoms with Crippen molar-refractivity contribution in [3.05, 3.63) is 85.5 Å². The summed E-state index contributed by atoms with van der Waals surface area (Å²) in [5.74, 6) is 3.09. The summed E-state index contributed by atoms with van der Waals surface area (Å²) in [5, 5.41) is 7.00. The molecule has 10 heteroatoms. The van der Waals surface area contributed by atoms with Gasteiger partial charge in [0, 0.05) is 56.1 Å². The summed E-state index contributed by atoms with van der Waals surface area (Å²) in [6, 6.07) is 17.1. The maximum atomic E-state index is 12.3. The molecule has 6 rings (SSSR count). The summed E-state index contributed by atoms with van der Waals surface area (Å²) in [6.45, 7) is 9.89. The lowest BCUT2D eigenvalue weighted by molar-refractivity contribution is -0.111. The first-order valence-electron chi connectivity index (χ1n) is 14.2. The summed E-state index contributed by atoms with van der Waals surface area (Å²) < 4.78 is 12.1. The maximum Gasteiger partial charge on any atom is 0.247 e. The first-order chi connectivity index (χ1) is 20.5. The van der Waals surface area contributed by atoms with E-state index in [2.05, 4.69) is 49.0 Å². The fourth-order valence-corrected chi connectivity index (χ4v) is 5.79. The molecule has 4 aromatic rings. The summed E-state index contributed by atoms with van der Waals surface area (Å²) in [5.41, 5.74) is 2.94. The second-order valence-electron chi connectivity index (χ2n) is 10.9. The van der Waals surface area contributed by atoms with Crippen molar-refractivity contribution in [2.45, 2.75) is 6.61 Å². The van der Waals surface area contributed by atoms with Crippen LogP contribution < -0.4 is 20.1 Å². The molecule has 42 heavy (non-hydrogen) atoms. The average Bonchev–Trinajstić information content (AvgIpc) is 3.54. The maximum absolute atomic E-state index is 12.3. The third-order valence-corrected chi connectivity index (χ3v) is 7.82. The molecule has 2 fully saturated rings. The minimum atomic E-state index is -0.316. The van der Waals surface area contributed by atoms with E-state index in [1.165, 1.54) is 25.5 Å². The van der Waals surface area contributed by atoms with Gasteiger partial charge in [0.25, 0.3) is 0 Å². The summed E-state index contributed by atoms with van der Waals surface area (Å²) in [4.78, 5) is 30.4. The molecule has 2 saturated heterocycles. The van der Waals surface area contributed by atoms with E-state index in [4.69, 9.17) is 9.47 Å². The molecular weight excluding hydrogens is 530 g/mol. The van der Waals surface area contributed by atoms with Gasteiger partial charge in [0.15, 0.2) is 0 Å². The van der Waals surface area contributed by atoms with Crippen molar-refractivity contribution in [2.24, 2.45) is 11.8 Å². The molecule has 2 unspecified atom stereocenters. The molecule has 216 valence electrons. The third-order valence-electron chi connectivity index (χ3n) is 7.82. The predicted octanol–water partition coefficient (Wildman–Crippen LogP) is 4.34. The molecule has 0 aliphatic carbocycles. The Kier molecular flexibility index (Phi) is 8.25. The van der Waals surface area contributed by atoms with E-state index in [1.54, 1.807) is 6.20 Å². The number of amides is 1. The summed E-state index contributed by atoms with van der Waals surface area (Å²) >= 11 is 0.